The molecule has 0 amide bonds. The molecule has 0 atom stereocenters. The highest BCUT2D eigenvalue weighted by Crippen LogP contribution is 2.55. The van der Waals surface area contributed by atoms with E-state index in [-0.39, 0.29) is 16.2 Å². The summed E-state index contributed by atoms with van der Waals surface area (Å²) in [6.45, 7) is 14.4. The van der Waals surface area contributed by atoms with Crippen LogP contribution >= 0.6 is 11.3 Å². The first-order valence-corrected chi connectivity index (χ1v) is 20.6. The fraction of sp³-hybridized carbons (Fsp3) is 0.208. The molecule has 0 aliphatic heterocycles. The van der Waals surface area contributed by atoms with E-state index in [1.54, 1.807) is 0 Å². The van der Waals surface area contributed by atoms with Crippen molar-refractivity contribution in [2.75, 3.05) is 4.90 Å². The Labute approximate surface area is 329 Å². The van der Waals surface area contributed by atoms with E-state index in [1.807, 2.05) is 11.3 Å². The number of para-hydroxylation sites is 1. The Kier molecular flexibility index (Phi) is 7.61. The smallest absolute Gasteiger partial charge is 0.0640 e. The Morgan fingerprint density at radius 3 is 1.89 bits per heavy atom. The first-order valence-electron chi connectivity index (χ1n) is 19.8. The lowest BCUT2D eigenvalue weighted by Crippen LogP contribution is -2.33. The van der Waals surface area contributed by atoms with E-state index >= 15 is 0 Å². The molecular weight excluding hydrogens is 683 g/mol. The Morgan fingerprint density at radius 2 is 1.09 bits per heavy atom. The Bertz CT molecular complexity index is 2780. The molecule has 1 nitrogen and oxygen atoms in total. The van der Waals surface area contributed by atoms with Crippen molar-refractivity contribution in [2.24, 2.45) is 0 Å². The molecule has 2 aliphatic rings. The van der Waals surface area contributed by atoms with E-state index < -0.39 is 0 Å². The first kappa shape index (κ1) is 34.1. The van der Waals surface area contributed by atoms with Crippen LogP contribution in [0.25, 0.3) is 53.6 Å². The molecule has 7 aromatic carbocycles. The zero-order valence-corrected chi connectivity index (χ0v) is 33.5. The summed E-state index contributed by atoms with van der Waals surface area (Å²) in [6.07, 6.45) is 2.44. The van der Waals surface area contributed by atoms with Crippen molar-refractivity contribution in [1.29, 1.82) is 0 Å². The number of hydrogen-bond donors (Lipinski definition) is 0. The minimum Gasteiger partial charge on any atom is -0.308 e. The van der Waals surface area contributed by atoms with Gasteiger partial charge in [0.1, 0.15) is 0 Å². The molecule has 270 valence electrons. The van der Waals surface area contributed by atoms with Gasteiger partial charge < -0.3 is 4.90 Å². The van der Waals surface area contributed by atoms with Gasteiger partial charge in [0.25, 0.3) is 0 Å². The molecule has 0 saturated heterocycles. The molecule has 0 spiro atoms. The highest BCUT2D eigenvalue weighted by Gasteiger charge is 2.38. The number of thiophene rings is 1. The zero-order valence-electron chi connectivity index (χ0n) is 32.7. The number of rotatable bonds is 5. The van der Waals surface area contributed by atoms with Crippen LogP contribution in [0.15, 0.2) is 152 Å². The average molecular weight is 730 g/mol. The highest BCUT2D eigenvalue weighted by molar-refractivity contribution is 7.26. The van der Waals surface area contributed by atoms with Gasteiger partial charge in [-0.2, -0.15) is 0 Å². The van der Waals surface area contributed by atoms with Crippen LogP contribution in [-0.4, -0.2) is 0 Å². The van der Waals surface area contributed by atoms with E-state index in [1.165, 1.54) is 100 Å². The Morgan fingerprint density at radius 1 is 0.436 bits per heavy atom. The summed E-state index contributed by atoms with van der Waals surface area (Å²) in [4.78, 5) is 2.52. The van der Waals surface area contributed by atoms with Gasteiger partial charge in [-0.1, -0.05) is 157 Å². The van der Waals surface area contributed by atoms with Crippen LogP contribution in [0.1, 0.15) is 76.6 Å². The molecule has 0 N–H and O–H groups in total. The van der Waals surface area contributed by atoms with Crippen molar-refractivity contribution >= 4 is 48.6 Å². The van der Waals surface area contributed by atoms with Gasteiger partial charge >= 0.3 is 0 Å². The summed E-state index contributed by atoms with van der Waals surface area (Å²) in [5.74, 6) is 0. The summed E-state index contributed by atoms with van der Waals surface area (Å²) >= 11 is 1.89. The van der Waals surface area contributed by atoms with Crippen molar-refractivity contribution in [3.63, 3.8) is 0 Å². The third-order valence-corrected chi connectivity index (χ3v) is 14.2. The van der Waals surface area contributed by atoms with Crippen molar-refractivity contribution in [3.8, 4) is 33.4 Å². The van der Waals surface area contributed by atoms with Gasteiger partial charge in [0.05, 0.1) is 16.1 Å². The van der Waals surface area contributed by atoms with Crippen LogP contribution < -0.4 is 4.90 Å². The molecular formula is C53H47NS. The number of fused-ring (bicyclic) bond motifs is 7. The molecule has 0 bridgehead atoms. The average Bonchev–Trinajstić information content (AvgIpc) is 3.69. The molecule has 55 heavy (non-hydrogen) atoms. The van der Waals surface area contributed by atoms with Gasteiger partial charge in [0.15, 0.2) is 0 Å². The predicted molar refractivity (Wildman–Crippen MR) is 238 cm³/mol. The monoisotopic (exact) mass is 729 g/mol. The molecule has 0 radical (unpaired) electrons. The summed E-state index contributed by atoms with van der Waals surface area (Å²) < 4.78 is 2.61. The minimum absolute atomic E-state index is 0.135. The number of anilines is 3. The maximum atomic E-state index is 2.52. The predicted octanol–water partition coefficient (Wildman–Crippen LogP) is 15.5. The normalized spacial score (nSPS) is 16.1. The third kappa shape index (κ3) is 5.33. The van der Waals surface area contributed by atoms with Gasteiger partial charge in [0.2, 0.25) is 0 Å². The summed E-state index contributed by atoms with van der Waals surface area (Å²) in [5, 5.41) is 2.61. The van der Waals surface area contributed by atoms with Gasteiger partial charge in [-0.25, -0.2) is 0 Å². The quantitative estimate of drug-likeness (QED) is 0.170. The highest BCUT2D eigenvalue weighted by atomic mass is 32.1. The summed E-state index contributed by atoms with van der Waals surface area (Å²) in [7, 11) is 0. The van der Waals surface area contributed by atoms with Crippen molar-refractivity contribution in [1.82, 2.24) is 0 Å². The fourth-order valence-electron chi connectivity index (χ4n) is 9.66. The molecule has 2 heteroatoms. The summed E-state index contributed by atoms with van der Waals surface area (Å²) in [6, 6.07) is 57.2. The van der Waals surface area contributed by atoms with E-state index in [9.17, 15) is 0 Å². The lowest BCUT2D eigenvalue weighted by Gasteiger charge is -2.42. The molecule has 8 aromatic rings. The van der Waals surface area contributed by atoms with Crippen LogP contribution in [0.5, 0.6) is 0 Å². The lowest BCUT2D eigenvalue weighted by molar-refractivity contribution is 0.332. The maximum absolute atomic E-state index is 2.52. The lowest BCUT2D eigenvalue weighted by atomic mass is 9.63. The second-order valence-electron chi connectivity index (χ2n) is 17.6. The van der Waals surface area contributed by atoms with Gasteiger partial charge in [0, 0.05) is 32.1 Å². The van der Waals surface area contributed by atoms with Gasteiger partial charge in [-0.3, -0.25) is 0 Å². The van der Waals surface area contributed by atoms with Gasteiger partial charge in [-0.05, 0) is 110 Å². The second-order valence-corrected chi connectivity index (χ2v) is 18.7. The Balaban J connectivity index is 1.19. The van der Waals surface area contributed by atoms with E-state index in [2.05, 4.69) is 198 Å². The molecule has 10 rings (SSSR count). The third-order valence-electron chi connectivity index (χ3n) is 13.0. The molecule has 0 unspecified atom stereocenters. The van der Waals surface area contributed by atoms with Crippen molar-refractivity contribution < 1.29 is 0 Å². The molecule has 1 heterocycles. The molecule has 2 aliphatic carbocycles. The largest absolute Gasteiger partial charge is 0.308 e. The SMILES string of the molecule is CC1(C)CCC(C)(C)c2cc(-c3ccc(-c4cc5c(cc4N(c4ccccc4)c4cccc6c4sc4ccccc46)C(C)(C)c4ccccc4-5)cc3)ccc21. The number of hydrogen-bond acceptors (Lipinski definition) is 2. The van der Waals surface area contributed by atoms with Gasteiger partial charge in [-0.15, -0.1) is 11.3 Å². The van der Waals surface area contributed by atoms with Crippen LogP contribution in [-0.2, 0) is 16.2 Å². The maximum Gasteiger partial charge on any atom is 0.0640 e. The molecule has 0 fully saturated rings. The number of nitrogens with zero attached hydrogens (tertiary/aromatic N) is 1. The van der Waals surface area contributed by atoms with Crippen LogP contribution in [0, 0.1) is 0 Å². The summed E-state index contributed by atoms with van der Waals surface area (Å²) in [5.41, 5.74) is 17.2. The van der Waals surface area contributed by atoms with E-state index in [4.69, 9.17) is 0 Å². The molecule has 0 saturated carbocycles. The topological polar surface area (TPSA) is 3.24 Å². The minimum atomic E-state index is -0.135. The van der Waals surface area contributed by atoms with E-state index in [0.29, 0.717) is 0 Å². The van der Waals surface area contributed by atoms with Crippen LogP contribution in [0.3, 0.4) is 0 Å². The fourth-order valence-corrected chi connectivity index (χ4v) is 10.9. The molecule has 1 aromatic heterocycles. The van der Waals surface area contributed by atoms with Crippen molar-refractivity contribution in [2.45, 2.75) is 70.6 Å². The van der Waals surface area contributed by atoms with Crippen LogP contribution in [0.2, 0.25) is 0 Å². The Hall–Kier alpha value is -5.44. The first-order chi connectivity index (χ1) is 26.5. The van der Waals surface area contributed by atoms with Crippen LogP contribution in [0.4, 0.5) is 17.1 Å². The standard InChI is InChI=1S/C53H47NS/c1-51(2)29-30-52(3,4)46-31-36(27-28-44(46)51)34-23-25-35(26-24-34)41-32-42-38-17-10-12-20-43(38)53(5,6)45(42)33-48(41)54(37-15-8-7-9-16-37)47-21-14-19-40-39-18-11-13-22-49(39)55-50(40)47/h7-28,31-33H,29-30H2,1-6H3. The van der Waals surface area contributed by atoms with E-state index in [0.717, 1.165) is 5.69 Å². The van der Waals surface area contributed by atoms with Crippen molar-refractivity contribution in [3.05, 3.63) is 174 Å². The zero-order chi connectivity index (χ0) is 37.7. The number of benzene rings is 7. The second kappa shape index (κ2) is 12.3.